The Bertz CT molecular complexity index is 596. The van der Waals surface area contributed by atoms with E-state index < -0.39 is 0 Å². The van der Waals surface area contributed by atoms with Crippen molar-refractivity contribution in [1.82, 2.24) is 9.80 Å². The van der Waals surface area contributed by atoms with E-state index in [1.165, 1.54) is 12.1 Å². The number of carbonyl (C=O) groups is 1. The van der Waals surface area contributed by atoms with Crippen LogP contribution in [0.2, 0.25) is 0 Å². The van der Waals surface area contributed by atoms with Crippen LogP contribution in [0.1, 0.15) is 29.6 Å². The number of benzene rings is 1. The van der Waals surface area contributed by atoms with E-state index in [1.807, 2.05) is 0 Å². The number of amides is 1. The molecule has 0 saturated carbocycles. The molecule has 2 aliphatic heterocycles. The first-order valence-corrected chi connectivity index (χ1v) is 9.14. The summed E-state index contributed by atoms with van der Waals surface area (Å²) in [6, 6.07) is 4.54. The molecule has 0 bridgehead atoms. The molecule has 0 N–H and O–H groups in total. The summed E-state index contributed by atoms with van der Waals surface area (Å²) in [6.07, 6.45) is 3.29. The Kier molecular flexibility index (Phi) is 5.91. The van der Waals surface area contributed by atoms with Gasteiger partial charge in [-0.2, -0.15) is 0 Å². The van der Waals surface area contributed by atoms with Gasteiger partial charge in [0.2, 0.25) is 0 Å². The van der Waals surface area contributed by atoms with Crippen molar-refractivity contribution < 1.29 is 13.9 Å². The third kappa shape index (κ3) is 4.50. The Hall–Kier alpha value is -1.66. The standard InChI is InChI=1S/C19H28FN3O2/c1-21-8-10-23(11-9-21)18-7-6-15(20)13-17(18)19(24)22(2)14-16-5-3-4-12-25-16/h6-7,13,16H,3-5,8-12,14H2,1-2H3. The summed E-state index contributed by atoms with van der Waals surface area (Å²) in [7, 11) is 3.87. The van der Waals surface area contributed by atoms with Gasteiger partial charge in [-0.15, -0.1) is 0 Å². The van der Waals surface area contributed by atoms with E-state index in [9.17, 15) is 9.18 Å². The molecule has 0 aromatic heterocycles. The molecule has 0 radical (unpaired) electrons. The third-order valence-corrected chi connectivity index (χ3v) is 5.13. The first-order valence-electron chi connectivity index (χ1n) is 9.14. The van der Waals surface area contributed by atoms with Gasteiger partial charge in [-0.3, -0.25) is 4.79 Å². The first-order chi connectivity index (χ1) is 12.0. The first kappa shape index (κ1) is 18.1. The molecule has 25 heavy (non-hydrogen) atoms. The van der Waals surface area contributed by atoms with Crippen LogP contribution in [0, 0.1) is 5.82 Å². The summed E-state index contributed by atoms with van der Waals surface area (Å²) < 4.78 is 19.6. The fourth-order valence-corrected chi connectivity index (χ4v) is 3.55. The lowest BCUT2D eigenvalue weighted by atomic mass is 10.1. The molecule has 0 aliphatic carbocycles. The van der Waals surface area contributed by atoms with Crippen molar-refractivity contribution in [2.45, 2.75) is 25.4 Å². The number of likely N-dealkylation sites (N-methyl/N-ethyl adjacent to an activating group) is 2. The average Bonchev–Trinajstić information content (AvgIpc) is 2.62. The van der Waals surface area contributed by atoms with Crippen LogP contribution in [-0.2, 0) is 4.74 Å². The monoisotopic (exact) mass is 349 g/mol. The lowest BCUT2D eigenvalue weighted by Gasteiger charge is -2.35. The fourth-order valence-electron chi connectivity index (χ4n) is 3.55. The van der Waals surface area contributed by atoms with Crippen LogP contribution < -0.4 is 4.90 Å². The van der Waals surface area contributed by atoms with Crippen LogP contribution in [0.15, 0.2) is 18.2 Å². The Morgan fingerprint density at radius 1 is 1.28 bits per heavy atom. The lowest BCUT2D eigenvalue weighted by Crippen LogP contribution is -2.45. The minimum Gasteiger partial charge on any atom is -0.376 e. The molecule has 1 aromatic rings. The van der Waals surface area contributed by atoms with Gasteiger partial charge in [0.1, 0.15) is 5.82 Å². The highest BCUT2D eigenvalue weighted by Crippen LogP contribution is 2.25. The molecule has 2 aliphatic rings. The zero-order valence-corrected chi connectivity index (χ0v) is 15.2. The summed E-state index contributed by atoms with van der Waals surface area (Å²) in [5.74, 6) is -0.508. The maximum Gasteiger partial charge on any atom is 0.255 e. The van der Waals surface area contributed by atoms with Crippen LogP contribution in [0.4, 0.5) is 10.1 Å². The second-order valence-corrected chi connectivity index (χ2v) is 7.13. The third-order valence-electron chi connectivity index (χ3n) is 5.13. The summed E-state index contributed by atoms with van der Waals surface area (Å²) >= 11 is 0. The van der Waals surface area contributed by atoms with Gasteiger partial charge in [0.15, 0.2) is 0 Å². The van der Waals surface area contributed by atoms with Gasteiger partial charge in [0.05, 0.1) is 11.7 Å². The zero-order valence-electron chi connectivity index (χ0n) is 15.2. The van der Waals surface area contributed by atoms with Gasteiger partial charge < -0.3 is 19.4 Å². The van der Waals surface area contributed by atoms with E-state index in [4.69, 9.17) is 4.74 Å². The van der Waals surface area contributed by atoms with Gasteiger partial charge >= 0.3 is 0 Å². The quantitative estimate of drug-likeness (QED) is 0.835. The molecule has 5 nitrogen and oxygen atoms in total. The Balaban J connectivity index is 1.75. The lowest BCUT2D eigenvalue weighted by molar-refractivity contribution is -0.000184. The van der Waals surface area contributed by atoms with Crippen molar-refractivity contribution in [1.29, 1.82) is 0 Å². The molecule has 1 unspecified atom stereocenters. The number of carbonyl (C=O) groups excluding carboxylic acids is 1. The van der Waals surface area contributed by atoms with E-state index >= 15 is 0 Å². The molecule has 2 heterocycles. The van der Waals surface area contributed by atoms with Crippen LogP contribution in [0.5, 0.6) is 0 Å². The molecule has 0 spiro atoms. The van der Waals surface area contributed by atoms with Gasteiger partial charge in [0.25, 0.3) is 5.91 Å². The second-order valence-electron chi connectivity index (χ2n) is 7.13. The van der Waals surface area contributed by atoms with Gasteiger partial charge in [-0.1, -0.05) is 0 Å². The van der Waals surface area contributed by atoms with Gasteiger partial charge in [0, 0.05) is 52.1 Å². The maximum atomic E-state index is 13.8. The zero-order chi connectivity index (χ0) is 17.8. The number of anilines is 1. The number of rotatable bonds is 4. The highest BCUT2D eigenvalue weighted by atomic mass is 19.1. The molecule has 6 heteroatoms. The minimum absolute atomic E-state index is 0.0864. The highest BCUT2D eigenvalue weighted by molar-refractivity contribution is 5.99. The van der Waals surface area contributed by atoms with E-state index in [-0.39, 0.29) is 17.8 Å². The number of hydrogen-bond donors (Lipinski definition) is 0. The summed E-state index contributed by atoms with van der Waals surface area (Å²) in [6.45, 7) is 4.89. The molecular weight excluding hydrogens is 321 g/mol. The minimum atomic E-state index is -0.372. The number of piperazine rings is 1. The maximum absolute atomic E-state index is 13.8. The topological polar surface area (TPSA) is 36.0 Å². The van der Waals surface area contributed by atoms with Crippen LogP contribution >= 0.6 is 0 Å². The fraction of sp³-hybridized carbons (Fsp3) is 0.632. The van der Waals surface area contributed by atoms with Crippen molar-refractivity contribution in [2.24, 2.45) is 0 Å². The van der Waals surface area contributed by atoms with Crippen molar-refractivity contribution in [3.8, 4) is 0 Å². The van der Waals surface area contributed by atoms with E-state index in [0.29, 0.717) is 12.1 Å². The molecule has 2 fully saturated rings. The van der Waals surface area contributed by atoms with Crippen molar-refractivity contribution in [3.05, 3.63) is 29.6 Å². The Morgan fingerprint density at radius 3 is 2.72 bits per heavy atom. The summed E-state index contributed by atoms with van der Waals surface area (Å²) in [4.78, 5) is 19.1. The van der Waals surface area contributed by atoms with E-state index in [1.54, 1.807) is 18.0 Å². The predicted octanol–water partition coefficient (Wildman–Crippen LogP) is 2.22. The number of hydrogen-bond acceptors (Lipinski definition) is 4. The summed E-state index contributed by atoms with van der Waals surface area (Å²) in [5.41, 5.74) is 1.28. The normalized spacial score (nSPS) is 22.0. The number of halogens is 1. The Labute approximate surface area is 149 Å². The molecule has 138 valence electrons. The molecular formula is C19H28FN3O2. The average molecular weight is 349 g/mol. The van der Waals surface area contributed by atoms with Gasteiger partial charge in [-0.05, 0) is 44.5 Å². The Morgan fingerprint density at radius 2 is 2.04 bits per heavy atom. The smallest absolute Gasteiger partial charge is 0.255 e. The van der Waals surface area contributed by atoms with Crippen LogP contribution in [0.3, 0.4) is 0 Å². The molecule has 2 saturated heterocycles. The van der Waals surface area contributed by atoms with Crippen molar-refractivity contribution in [3.63, 3.8) is 0 Å². The summed E-state index contributed by atoms with van der Waals surface area (Å²) in [5, 5.41) is 0. The van der Waals surface area contributed by atoms with Crippen molar-refractivity contribution >= 4 is 11.6 Å². The van der Waals surface area contributed by atoms with Crippen LogP contribution in [0.25, 0.3) is 0 Å². The molecule has 1 amide bonds. The molecule has 3 rings (SSSR count). The predicted molar refractivity (Wildman–Crippen MR) is 96.7 cm³/mol. The second kappa shape index (κ2) is 8.15. The SMILES string of the molecule is CN1CCN(c2ccc(F)cc2C(=O)N(C)CC2CCCCO2)CC1. The molecule has 1 aromatic carbocycles. The van der Waals surface area contributed by atoms with Gasteiger partial charge in [-0.25, -0.2) is 4.39 Å². The number of ether oxygens (including phenoxy) is 1. The highest BCUT2D eigenvalue weighted by Gasteiger charge is 2.25. The molecule has 1 atom stereocenters. The van der Waals surface area contributed by atoms with Crippen molar-refractivity contribution in [2.75, 3.05) is 58.3 Å². The number of nitrogens with zero attached hydrogens (tertiary/aromatic N) is 3. The van der Waals surface area contributed by atoms with Crippen LogP contribution in [-0.4, -0.2) is 75.2 Å². The van der Waals surface area contributed by atoms with E-state index in [2.05, 4.69) is 16.8 Å². The largest absolute Gasteiger partial charge is 0.376 e. The van der Waals surface area contributed by atoms with E-state index in [0.717, 1.165) is 57.7 Å².